The van der Waals surface area contributed by atoms with Crippen molar-refractivity contribution in [2.24, 2.45) is 5.10 Å². The second-order valence-electron chi connectivity index (χ2n) is 5.27. The molecule has 0 fully saturated rings. The van der Waals surface area contributed by atoms with Gasteiger partial charge in [0, 0.05) is 11.1 Å². The summed E-state index contributed by atoms with van der Waals surface area (Å²) >= 11 is 0. The lowest BCUT2D eigenvalue weighted by molar-refractivity contribution is 0.0955. The molecule has 24 heavy (non-hydrogen) atoms. The number of rotatable bonds is 4. The highest BCUT2D eigenvalue weighted by Crippen LogP contribution is 2.21. The Morgan fingerprint density at radius 1 is 1.25 bits per heavy atom. The smallest absolute Gasteiger partial charge is 0.271 e. The largest absolute Gasteiger partial charge is 0.276 e. The maximum atomic E-state index is 13.0. The molecule has 6 heteroatoms. The van der Waals surface area contributed by atoms with Gasteiger partial charge in [0.1, 0.15) is 5.82 Å². The first-order valence-corrected chi connectivity index (χ1v) is 7.33. The van der Waals surface area contributed by atoms with Crippen LogP contribution in [0.2, 0.25) is 0 Å². The molecule has 0 spiro atoms. The third-order valence-electron chi connectivity index (χ3n) is 3.46. The monoisotopic (exact) mass is 322 g/mol. The number of halogens is 1. The molecule has 2 aromatic carbocycles. The van der Waals surface area contributed by atoms with Gasteiger partial charge in [-0.3, -0.25) is 9.89 Å². The average Bonchev–Trinajstić information content (AvgIpc) is 3.04. The van der Waals surface area contributed by atoms with E-state index < -0.39 is 0 Å². The topological polar surface area (TPSA) is 70.1 Å². The van der Waals surface area contributed by atoms with E-state index in [4.69, 9.17) is 0 Å². The Hall–Kier alpha value is -3.28. The Labute approximate surface area is 138 Å². The van der Waals surface area contributed by atoms with Gasteiger partial charge in [-0.05, 0) is 36.8 Å². The van der Waals surface area contributed by atoms with Crippen molar-refractivity contribution in [2.75, 3.05) is 0 Å². The Morgan fingerprint density at radius 3 is 2.79 bits per heavy atom. The van der Waals surface area contributed by atoms with Crippen LogP contribution in [0, 0.1) is 12.7 Å². The fraction of sp³-hybridized carbons (Fsp3) is 0.0556. The molecule has 1 aromatic heterocycles. The van der Waals surface area contributed by atoms with Gasteiger partial charge < -0.3 is 0 Å². The van der Waals surface area contributed by atoms with Crippen LogP contribution < -0.4 is 5.43 Å². The van der Waals surface area contributed by atoms with E-state index in [0.29, 0.717) is 11.3 Å². The molecule has 3 rings (SSSR count). The summed E-state index contributed by atoms with van der Waals surface area (Å²) in [6, 6.07) is 13.3. The van der Waals surface area contributed by atoms with Crippen LogP contribution in [0.15, 0.2) is 59.8 Å². The van der Waals surface area contributed by atoms with Crippen LogP contribution in [-0.2, 0) is 0 Å². The minimum Gasteiger partial charge on any atom is -0.276 e. The number of hydrogen-bond acceptors (Lipinski definition) is 3. The van der Waals surface area contributed by atoms with Gasteiger partial charge in [0.15, 0.2) is 0 Å². The van der Waals surface area contributed by atoms with E-state index in [9.17, 15) is 9.18 Å². The number of carbonyl (C=O) groups excluding carboxylic acids is 1. The zero-order valence-corrected chi connectivity index (χ0v) is 13.0. The first-order valence-electron chi connectivity index (χ1n) is 7.33. The maximum absolute atomic E-state index is 13.0. The molecule has 0 unspecified atom stereocenters. The Balaban J connectivity index is 1.73. The predicted octanol–water partition coefficient (Wildman–Crippen LogP) is 3.29. The molecule has 0 aliphatic rings. The quantitative estimate of drug-likeness (QED) is 0.571. The second kappa shape index (κ2) is 6.87. The third-order valence-corrected chi connectivity index (χ3v) is 3.46. The number of hydrogen-bond donors (Lipinski definition) is 2. The van der Waals surface area contributed by atoms with Crippen LogP contribution in [0.4, 0.5) is 4.39 Å². The number of benzene rings is 2. The lowest BCUT2D eigenvalue weighted by Gasteiger charge is -2.01. The highest BCUT2D eigenvalue weighted by molar-refractivity contribution is 5.95. The maximum Gasteiger partial charge on any atom is 0.271 e. The fourth-order valence-electron chi connectivity index (χ4n) is 2.26. The van der Waals surface area contributed by atoms with Crippen LogP contribution in [0.5, 0.6) is 0 Å². The van der Waals surface area contributed by atoms with Gasteiger partial charge in [0.25, 0.3) is 5.91 Å². The van der Waals surface area contributed by atoms with E-state index in [1.807, 2.05) is 19.1 Å². The van der Waals surface area contributed by atoms with Gasteiger partial charge in [-0.1, -0.05) is 29.8 Å². The van der Waals surface area contributed by atoms with E-state index in [1.165, 1.54) is 18.3 Å². The van der Waals surface area contributed by atoms with Crippen LogP contribution in [0.3, 0.4) is 0 Å². The van der Waals surface area contributed by atoms with Crippen molar-refractivity contribution >= 4 is 12.1 Å². The second-order valence-corrected chi connectivity index (χ2v) is 5.27. The summed E-state index contributed by atoms with van der Waals surface area (Å²) in [6.07, 6.45) is 3.09. The highest BCUT2D eigenvalue weighted by Gasteiger charge is 2.07. The fourth-order valence-corrected chi connectivity index (χ4v) is 2.26. The zero-order valence-electron chi connectivity index (χ0n) is 13.0. The third kappa shape index (κ3) is 3.55. The number of nitrogens with one attached hydrogen (secondary N) is 2. The minimum absolute atomic E-state index is 0.294. The van der Waals surface area contributed by atoms with E-state index >= 15 is 0 Å². The lowest BCUT2D eigenvalue weighted by Crippen LogP contribution is -2.17. The summed E-state index contributed by atoms with van der Waals surface area (Å²) in [5.74, 6) is -0.597. The molecule has 1 heterocycles. The summed E-state index contributed by atoms with van der Waals surface area (Å²) in [5, 5.41) is 10.7. The number of H-pyrrole nitrogens is 1. The summed E-state index contributed by atoms with van der Waals surface area (Å²) in [7, 11) is 0. The molecule has 5 nitrogen and oxygen atoms in total. The summed E-state index contributed by atoms with van der Waals surface area (Å²) in [6.45, 7) is 1.92. The van der Waals surface area contributed by atoms with Gasteiger partial charge >= 0.3 is 0 Å². The molecule has 0 saturated heterocycles. The van der Waals surface area contributed by atoms with E-state index in [-0.39, 0.29) is 11.7 Å². The van der Waals surface area contributed by atoms with E-state index in [2.05, 4.69) is 20.7 Å². The minimum atomic E-state index is -0.303. The van der Waals surface area contributed by atoms with Crippen molar-refractivity contribution in [1.29, 1.82) is 0 Å². The highest BCUT2D eigenvalue weighted by atomic mass is 19.1. The normalized spacial score (nSPS) is 10.9. The van der Waals surface area contributed by atoms with E-state index in [0.717, 1.165) is 16.7 Å². The van der Waals surface area contributed by atoms with Gasteiger partial charge in [-0.2, -0.15) is 10.2 Å². The number of hydrazone groups is 1. The molecule has 1 amide bonds. The molecule has 0 bridgehead atoms. The van der Waals surface area contributed by atoms with E-state index in [1.54, 1.807) is 30.5 Å². The molecular formula is C18H15FN4O. The number of amides is 1. The number of aromatic amines is 1. The van der Waals surface area contributed by atoms with Crippen LogP contribution in [-0.4, -0.2) is 22.3 Å². The summed E-state index contributed by atoms with van der Waals surface area (Å²) in [4.78, 5) is 12.0. The number of aromatic nitrogens is 2. The standard InChI is InChI=1S/C18H15FN4O/c1-12-3-2-4-14(9-12)18(24)23-21-11-17-16(10-20-22-17)13-5-7-15(19)8-6-13/h2-11H,1H3,(H,20,22)(H,23,24)/b21-11-. The van der Waals surface area contributed by atoms with Gasteiger partial charge in [-0.25, -0.2) is 9.82 Å². The van der Waals surface area contributed by atoms with Crippen molar-refractivity contribution in [3.8, 4) is 11.1 Å². The Bertz CT molecular complexity index is 884. The molecule has 2 N–H and O–H groups in total. The average molecular weight is 322 g/mol. The molecule has 0 radical (unpaired) electrons. The summed E-state index contributed by atoms with van der Waals surface area (Å²) < 4.78 is 13.0. The van der Waals surface area contributed by atoms with Gasteiger partial charge in [0.2, 0.25) is 0 Å². The van der Waals surface area contributed by atoms with Crippen molar-refractivity contribution in [3.05, 3.63) is 77.4 Å². The Kier molecular flexibility index (Phi) is 4.47. The van der Waals surface area contributed by atoms with Gasteiger partial charge in [0.05, 0.1) is 18.1 Å². The molecule has 0 aliphatic carbocycles. The Morgan fingerprint density at radius 2 is 2.04 bits per heavy atom. The predicted molar refractivity (Wildman–Crippen MR) is 90.2 cm³/mol. The molecule has 120 valence electrons. The van der Waals surface area contributed by atoms with Crippen LogP contribution in [0.1, 0.15) is 21.6 Å². The van der Waals surface area contributed by atoms with Crippen molar-refractivity contribution < 1.29 is 9.18 Å². The molecule has 0 atom stereocenters. The molecule has 0 aliphatic heterocycles. The zero-order chi connectivity index (χ0) is 16.9. The first kappa shape index (κ1) is 15.6. The van der Waals surface area contributed by atoms with Crippen molar-refractivity contribution in [3.63, 3.8) is 0 Å². The number of aryl methyl sites for hydroxylation is 1. The van der Waals surface area contributed by atoms with Crippen LogP contribution in [0.25, 0.3) is 11.1 Å². The summed E-state index contributed by atoms with van der Waals surface area (Å²) in [5.41, 5.74) is 6.20. The first-order chi connectivity index (χ1) is 11.6. The lowest BCUT2D eigenvalue weighted by atomic mass is 10.1. The molecule has 3 aromatic rings. The van der Waals surface area contributed by atoms with Gasteiger partial charge in [-0.15, -0.1) is 0 Å². The van der Waals surface area contributed by atoms with Crippen LogP contribution >= 0.6 is 0 Å². The molecular weight excluding hydrogens is 307 g/mol. The molecule has 0 saturated carbocycles. The SMILES string of the molecule is Cc1cccc(C(=O)N/N=C\c2[nH]ncc2-c2ccc(F)cc2)c1. The number of nitrogens with zero attached hydrogens (tertiary/aromatic N) is 2. The van der Waals surface area contributed by atoms with Crippen molar-refractivity contribution in [1.82, 2.24) is 15.6 Å². The number of carbonyl (C=O) groups is 1. The van der Waals surface area contributed by atoms with Crippen molar-refractivity contribution in [2.45, 2.75) is 6.92 Å².